The molecule has 0 aromatic heterocycles. The Balaban J connectivity index is 1.49. The highest BCUT2D eigenvalue weighted by molar-refractivity contribution is 5.26. The van der Waals surface area contributed by atoms with Crippen molar-refractivity contribution in [1.82, 2.24) is 0 Å². The van der Waals surface area contributed by atoms with E-state index in [0.29, 0.717) is 17.8 Å². The molecule has 1 saturated heterocycles. The van der Waals surface area contributed by atoms with Gasteiger partial charge in [-0.15, -0.1) is 0 Å². The van der Waals surface area contributed by atoms with Gasteiger partial charge in [0.05, 0.1) is 19.3 Å². The summed E-state index contributed by atoms with van der Waals surface area (Å²) in [6, 6.07) is 0. The first-order valence-electron chi connectivity index (χ1n) is 9.83. The number of fused-ring (bicyclic) bond motifs is 6. The Bertz CT molecular complexity index is 590. The molecule has 0 bridgehead atoms. The van der Waals surface area contributed by atoms with Crippen molar-refractivity contribution < 1.29 is 14.6 Å². The van der Waals surface area contributed by atoms with Crippen LogP contribution in [0, 0.1) is 34.5 Å². The van der Waals surface area contributed by atoms with Crippen LogP contribution in [0.1, 0.15) is 46.0 Å². The van der Waals surface area contributed by atoms with Gasteiger partial charge >= 0.3 is 0 Å². The standard InChI is InChI=1S/C21H30O3/c1-19-8-5-15(22)13-14(19)3-4-16-17(19)6-9-20(2)18(16)7-10-21(20)23-11-12-24-21/h5,7-8,10,14-18,22H,3-4,6,9,11-13H2,1-2H3/t14?,15?,16?,17?,18?,19-,20-/m0/s1. The van der Waals surface area contributed by atoms with Crippen molar-refractivity contribution in [2.24, 2.45) is 34.5 Å². The predicted octanol–water partition coefficient (Wildman–Crippen LogP) is 3.69. The van der Waals surface area contributed by atoms with Gasteiger partial charge in [0.2, 0.25) is 0 Å². The Kier molecular flexibility index (Phi) is 3.22. The maximum atomic E-state index is 10.1. The highest BCUT2D eigenvalue weighted by Gasteiger charge is 2.65. The molecule has 3 fully saturated rings. The summed E-state index contributed by atoms with van der Waals surface area (Å²) in [5.74, 6) is 2.18. The topological polar surface area (TPSA) is 38.7 Å². The van der Waals surface area contributed by atoms with Gasteiger partial charge in [-0.1, -0.05) is 32.1 Å². The normalized spacial score (nSPS) is 54.5. The van der Waals surface area contributed by atoms with E-state index in [1.807, 2.05) is 0 Å². The number of aliphatic hydroxyl groups is 1. The van der Waals surface area contributed by atoms with Gasteiger partial charge in [-0.3, -0.25) is 0 Å². The minimum atomic E-state index is -0.459. The van der Waals surface area contributed by atoms with Crippen molar-refractivity contribution in [3.05, 3.63) is 24.3 Å². The highest BCUT2D eigenvalue weighted by Crippen LogP contribution is 2.66. The predicted molar refractivity (Wildman–Crippen MR) is 92.2 cm³/mol. The second-order valence-corrected chi connectivity index (χ2v) is 9.28. The maximum Gasteiger partial charge on any atom is 0.193 e. The Morgan fingerprint density at radius 2 is 1.79 bits per heavy atom. The minimum Gasteiger partial charge on any atom is -0.389 e. The number of ether oxygens (including phenoxy) is 2. The highest BCUT2D eigenvalue weighted by atomic mass is 16.7. The van der Waals surface area contributed by atoms with Gasteiger partial charge < -0.3 is 14.6 Å². The summed E-state index contributed by atoms with van der Waals surface area (Å²) in [6.07, 6.45) is 14.7. The SMILES string of the molecule is C[C@]12C=CC(O)CC1CCC1C2CC[C@@]2(C)C1C=CC21OCCO1. The average Bonchev–Trinajstić information content (AvgIpc) is 3.15. The molecule has 24 heavy (non-hydrogen) atoms. The maximum absolute atomic E-state index is 10.1. The van der Waals surface area contributed by atoms with E-state index in [0.717, 1.165) is 25.6 Å². The Labute approximate surface area is 145 Å². The van der Waals surface area contributed by atoms with Gasteiger partial charge in [-0.05, 0) is 67.3 Å². The van der Waals surface area contributed by atoms with Crippen molar-refractivity contribution in [2.45, 2.75) is 57.8 Å². The van der Waals surface area contributed by atoms with E-state index >= 15 is 0 Å². The van der Waals surface area contributed by atoms with E-state index in [1.54, 1.807) is 0 Å². The van der Waals surface area contributed by atoms with Crippen molar-refractivity contribution in [3.63, 3.8) is 0 Å². The molecule has 7 atom stereocenters. The summed E-state index contributed by atoms with van der Waals surface area (Å²) in [4.78, 5) is 0. The zero-order valence-corrected chi connectivity index (χ0v) is 14.9. The molecule has 0 amide bonds. The summed E-state index contributed by atoms with van der Waals surface area (Å²) < 4.78 is 12.3. The molecule has 132 valence electrons. The van der Waals surface area contributed by atoms with Crippen LogP contribution >= 0.6 is 0 Å². The second kappa shape index (κ2) is 4.96. The summed E-state index contributed by atoms with van der Waals surface area (Å²) in [5, 5.41) is 10.1. The number of allylic oxidation sites excluding steroid dienone is 2. The van der Waals surface area contributed by atoms with Crippen LogP contribution in [0.25, 0.3) is 0 Å². The third-order valence-corrected chi connectivity index (χ3v) is 8.45. The molecular weight excluding hydrogens is 300 g/mol. The molecule has 5 rings (SSSR count). The Morgan fingerprint density at radius 1 is 1.00 bits per heavy atom. The van der Waals surface area contributed by atoms with Gasteiger partial charge in [0.15, 0.2) is 5.79 Å². The van der Waals surface area contributed by atoms with Gasteiger partial charge in [0.25, 0.3) is 0 Å². The Hall–Kier alpha value is -0.640. The zero-order chi connectivity index (χ0) is 16.6. The lowest BCUT2D eigenvalue weighted by Gasteiger charge is -2.60. The fourth-order valence-electron chi connectivity index (χ4n) is 7.08. The quantitative estimate of drug-likeness (QED) is 0.689. The molecule has 0 aromatic carbocycles. The minimum absolute atomic E-state index is 0.0890. The van der Waals surface area contributed by atoms with E-state index in [-0.39, 0.29) is 16.9 Å². The molecule has 5 unspecified atom stereocenters. The lowest BCUT2D eigenvalue weighted by Crippen LogP contribution is -2.56. The first kappa shape index (κ1) is 15.6. The molecule has 1 heterocycles. The zero-order valence-electron chi connectivity index (χ0n) is 14.9. The van der Waals surface area contributed by atoms with E-state index in [9.17, 15) is 5.11 Å². The molecule has 3 heteroatoms. The van der Waals surface area contributed by atoms with Crippen LogP contribution < -0.4 is 0 Å². The van der Waals surface area contributed by atoms with Crippen LogP contribution in [-0.4, -0.2) is 30.2 Å². The van der Waals surface area contributed by atoms with Crippen LogP contribution in [0.3, 0.4) is 0 Å². The average molecular weight is 330 g/mol. The third kappa shape index (κ3) is 1.79. The summed E-state index contributed by atoms with van der Waals surface area (Å²) >= 11 is 0. The fraction of sp³-hybridized carbons (Fsp3) is 0.810. The molecular formula is C21H30O3. The first-order chi connectivity index (χ1) is 11.5. The third-order valence-electron chi connectivity index (χ3n) is 8.45. The summed E-state index contributed by atoms with van der Waals surface area (Å²) in [6.45, 7) is 6.30. The van der Waals surface area contributed by atoms with E-state index in [1.165, 1.54) is 25.7 Å². The fourth-order valence-corrected chi connectivity index (χ4v) is 7.08. The number of hydrogen-bond donors (Lipinski definition) is 1. The largest absolute Gasteiger partial charge is 0.389 e. The lowest BCUT2D eigenvalue weighted by molar-refractivity contribution is -0.226. The van der Waals surface area contributed by atoms with E-state index in [4.69, 9.17) is 9.47 Å². The molecule has 5 aliphatic rings. The molecule has 4 aliphatic carbocycles. The van der Waals surface area contributed by atoms with Crippen LogP contribution in [0.2, 0.25) is 0 Å². The van der Waals surface area contributed by atoms with Gasteiger partial charge in [-0.2, -0.15) is 0 Å². The lowest BCUT2D eigenvalue weighted by atomic mass is 9.46. The van der Waals surface area contributed by atoms with Crippen molar-refractivity contribution in [1.29, 1.82) is 0 Å². The van der Waals surface area contributed by atoms with Crippen molar-refractivity contribution in [2.75, 3.05) is 13.2 Å². The molecule has 0 radical (unpaired) electrons. The molecule has 0 aromatic rings. The number of rotatable bonds is 0. The smallest absolute Gasteiger partial charge is 0.193 e. The first-order valence-corrected chi connectivity index (χ1v) is 9.83. The molecule has 2 saturated carbocycles. The summed E-state index contributed by atoms with van der Waals surface area (Å²) in [7, 11) is 0. The van der Waals surface area contributed by atoms with Gasteiger partial charge in [-0.25, -0.2) is 0 Å². The molecule has 3 nitrogen and oxygen atoms in total. The van der Waals surface area contributed by atoms with Crippen LogP contribution in [-0.2, 0) is 9.47 Å². The molecule has 1 N–H and O–H groups in total. The second-order valence-electron chi connectivity index (χ2n) is 9.28. The van der Waals surface area contributed by atoms with Crippen LogP contribution in [0.15, 0.2) is 24.3 Å². The molecule has 1 spiro atoms. The van der Waals surface area contributed by atoms with Crippen molar-refractivity contribution >= 4 is 0 Å². The number of hydrogen-bond acceptors (Lipinski definition) is 3. The van der Waals surface area contributed by atoms with Gasteiger partial charge in [0, 0.05) is 5.41 Å². The monoisotopic (exact) mass is 330 g/mol. The van der Waals surface area contributed by atoms with Crippen LogP contribution in [0.5, 0.6) is 0 Å². The van der Waals surface area contributed by atoms with Crippen LogP contribution in [0.4, 0.5) is 0 Å². The van der Waals surface area contributed by atoms with E-state index < -0.39 is 5.79 Å². The molecule has 1 aliphatic heterocycles. The Morgan fingerprint density at radius 3 is 2.58 bits per heavy atom. The van der Waals surface area contributed by atoms with E-state index in [2.05, 4.69) is 38.2 Å². The number of aliphatic hydroxyl groups excluding tert-OH is 1. The van der Waals surface area contributed by atoms with Crippen molar-refractivity contribution in [3.8, 4) is 0 Å². The van der Waals surface area contributed by atoms with Gasteiger partial charge in [0.1, 0.15) is 0 Å². The summed E-state index contributed by atoms with van der Waals surface area (Å²) in [5.41, 5.74) is 0.343.